The van der Waals surface area contributed by atoms with Crippen LogP contribution in [-0.4, -0.2) is 4.99 Å². The third-order valence-corrected chi connectivity index (χ3v) is 3.03. The van der Waals surface area contributed by atoms with Crippen LogP contribution in [0.3, 0.4) is 0 Å². The minimum Gasteiger partial charge on any atom is -0.455 e. The van der Waals surface area contributed by atoms with Crippen molar-refractivity contribution in [3.8, 4) is 11.5 Å². The lowest BCUT2D eigenvalue weighted by Gasteiger charge is -2.11. The van der Waals surface area contributed by atoms with Crippen molar-refractivity contribution in [3.05, 3.63) is 58.1 Å². The van der Waals surface area contributed by atoms with Crippen molar-refractivity contribution < 1.29 is 4.74 Å². The van der Waals surface area contributed by atoms with Gasteiger partial charge < -0.3 is 10.5 Å². The zero-order valence-corrected chi connectivity index (χ0v) is 11.5. The van der Waals surface area contributed by atoms with Crippen LogP contribution in [0.1, 0.15) is 5.56 Å². The third kappa shape index (κ3) is 2.93. The third-order valence-electron chi connectivity index (χ3n) is 2.27. The van der Waals surface area contributed by atoms with E-state index in [0.717, 1.165) is 0 Å². The molecule has 2 aromatic rings. The second-order valence-corrected chi connectivity index (χ2v) is 4.82. The Balaban J connectivity index is 2.42. The normalized spacial score (nSPS) is 10.1. The van der Waals surface area contributed by atoms with Crippen LogP contribution in [0.4, 0.5) is 0 Å². The van der Waals surface area contributed by atoms with Gasteiger partial charge in [0.15, 0.2) is 0 Å². The Kier molecular flexibility index (Phi) is 4.07. The van der Waals surface area contributed by atoms with Crippen molar-refractivity contribution in [2.45, 2.75) is 0 Å². The first-order chi connectivity index (χ1) is 8.58. The van der Waals surface area contributed by atoms with E-state index < -0.39 is 0 Å². The van der Waals surface area contributed by atoms with E-state index in [1.54, 1.807) is 30.3 Å². The molecule has 0 amide bonds. The summed E-state index contributed by atoms with van der Waals surface area (Å²) >= 11 is 16.9. The maximum absolute atomic E-state index is 6.02. The molecule has 2 N–H and O–H groups in total. The van der Waals surface area contributed by atoms with Crippen LogP contribution in [-0.2, 0) is 0 Å². The summed E-state index contributed by atoms with van der Waals surface area (Å²) in [6.45, 7) is 0. The zero-order chi connectivity index (χ0) is 13.1. The van der Waals surface area contributed by atoms with Gasteiger partial charge in [-0.05, 0) is 24.3 Å². The van der Waals surface area contributed by atoms with Crippen LogP contribution in [0.15, 0.2) is 42.5 Å². The number of hydrogen-bond donors (Lipinski definition) is 1. The molecular formula is C13H9Cl2NOS. The van der Waals surface area contributed by atoms with Crippen LogP contribution >= 0.6 is 35.4 Å². The maximum atomic E-state index is 6.02. The zero-order valence-electron chi connectivity index (χ0n) is 9.19. The average molecular weight is 298 g/mol. The molecule has 0 aliphatic heterocycles. The minimum atomic E-state index is 0.244. The first-order valence-corrected chi connectivity index (χ1v) is 6.26. The van der Waals surface area contributed by atoms with E-state index in [9.17, 15) is 0 Å². The standard InChI is InChI=1S/C13H9Cl2NOS/c14-8-5-6-9(13(16)18)12(7-8)17-11-4-2-1-3-10(11)15/h1-7H,(H2,16,18). The summed E-state index contributed by atoms with van der Waals surface area (Å²) in [7, 11) is 0. The molecule has 0 unspecified atom stereocenters. The highest BCUT2D eigenvalue weighted by atomic mass is 35.5. The molecule has 5 heteroatoms. The van der Waals surface area contributed by atoms with Gasteiger partial charge in [-0.25, -0.2) is 0 Å². The van der Waals surface area contributed by atoms with Gasteiger partial charge in [0.05, 0.1) is 10.6 Å². The van der Waals surface area contributed by atoms with E-state index >= 15 is 0 Å². The van der Waals surface area contributed by atoms with Crippen LogP contribution in [0.5, 0.6) is 11.5 Å². The molecule has 0 bridgehead atoms. The van der Waals surface area contributed by atoms with Crippen LogP contribution < -0.4 is 10.5 Å². The average Bonchev–Trinajstić information content (AvgIpc) is 2.32. The number of hydrogen-bond acceptors (Lipinski definition) is 2. The molecule has 2 rings (SSSR count). The summed E-state index contributed by atoms with van der Waals surface area (Å²) in [4.78, 5) is 0.244. The topological polar surface area (TPSA) is 35.2 Å². The van der Waals surface area contributed by atoms with E-state index in [0.29, 0.717) is 27.1 Å². The van der Waals surface area contributed by atoms with Gasteiger partial charge in [0.25, 0.3) is 0 Å². The molecule has 2 nitrogen and oxygen atoms in total. The smallest absolute Gasteiger partial charge is 0.146 e. The Bertz CT molecular complexity index is 601. The predicted octanol–water partition coefficient (Wildman–Crippen LogP) is 4.42. The molecule has 18 heavy (non-hydrogen) atoms. The Hall–Kier alpha value is -1.29. The number of nitrogens with two attached hydrogens (primary N) is 1. The van der Waals surface area contributed by atoms with Crippen LogP contribution in [0.2, 0.25) is 10.0 Å². The Morgan fingerprint density at radius 1 is 1.06 bits per heavy atom. The molecule has 0 radical (unpaired) electrons. The number of benzene rings is 2. The summed E-state index contributed by atoms with van der Waals surface area (Å²) in [5.74, 6) is 1.02. The number of thiocarbonyl (C=S) groups is 1. The second-order valence-electron chi connectivity index (χ2n) is 3.54. The van der Waals surface area contributed by atoms with Gasteiger partial charge in [-0.1, -0.05) is 47.6 Å². The summed E-state index contributed by atoms with van der Waals surface area (Å²) in [5.41, 5.74) is 6.25. The predicted molar refractivity (Wildman–Crippen MR) is 78.9 cm³/mol. The van der Waals surface area contributed by atoms with Crippen molar-refractivity contribution in [1.82, 2.24) is 0 Å². The Morgan fingerprint density at radius 2 is 1.78 bits per heavy atom. The summed E-state index contributed by atoms with van der Waals surface area (Å²) in [5, 5.41) is 1.04. The first kappa shape index (κ1) is 13.1. The second kappa shape index (κ2) is 5.57. The molecule has 0 fully saturated rings. The van der Waals surface area contributed by atoms with E-state index in [1.165, 1.54) is 0 Å². The molecule has 0 aliphatic carbocycles. The monoisotopic (exact) mass is 297 g/mol. The van der Waals surface area contributed by atoms with Gasteiger partial charge >= 0.3 is 0 Å². The minimum absolute atomic E-state index is 0.244. The highest BCUT2D eigenvalue weighted by Gasteiger charge is 2.10. The fraction of sp³-hybridized carbons (Fsp3) is 0. The van der Waals surface area contributed by atoms with Crippen molar-refractivity contribution in [2.24, 2.45) is 5.73 Å². The lowest BCUT2D eigenvalue weighted by atomic mass is 10.2. The molecule has 0 heterocycles. The van der Waals surface area contributed by atoms with Crippen molar-refractivity contribution in [1.29, 1.82) is 0 Å². The molecule has 0 saturated heterocycles. The summed E-state index contributed by atoms with van der Waals surface area (Å²) < 4.78 is 5.70. The highest BCUT2D eigenvalue weighted by molar-refractivity contribution is 7.80. The van der Waals surface area contributed by atoms with E-state index in [1.807, 2.05) is 12.1 Å². The lowest BCUT2D eigenvalue weighted by molar-refractivity contribution is 0.482. The molecule has 92 valence electrons. The Labute approximate surface area is 120 Å². The number of para-hydroxylation sites is 1. The van der Waals surface area contributed by atoms with Crippen LogP contribution in [0, 0.1) is 0 Å². The molecule has 0 atom stereocenters. The summed E-state index contributed by atoms with van der Waals surface area (Å²) in [6.07, 6.45) is 0. The van der Waals surface area contributed by atoms with E-state index in [2.05, 4.69) is 0 Å². The SMILES string of the molecule is NC(=S)c1ccc(Cl)cc1Oc1ccccc1Cl. The summed E-state index contributed by atoms with van der Waals surface area (Å²) in [6, 6.07) is 12.2. The lowest BCUT2D eigenvalue weighted by Crippen LogP contribution is -2.10. The maximum Gasteiger partial charge on any atom is 0.146 e. The number of halogens is 2. The molecule has 0 aliphatic rings. The first-order valence-electron chi connectivity index (χ1n) is 5.09. The Morgan fingerprint density at radius 3 is 2.44 bits per heavy atom. The van der Waals surface area contributed by atoms with Crippen molar-refractivity contribution in [3.63, 3.8) is 0 Å². The van der Waals surface area contributed by atoms with Gasteiger partial charge in [0.1, 0.15) is 16.5 Å². The molecular weight excluding hydrogens is 289 g/mol. The quantitative estimate of drug-likeness (QED) is 0.852. The molecule has 0 saturated carbocycles. The van der Waals surface area contributed by atoms with Gasteiger partial charge in [0, 0.05) is 11.1 Å². The van der Waals surface area contributed by atoms with E-state index in [-0.39, 0.29) is 4.99 Å². The van der Waals surface area contributed by atoms with Gasteiger partial charge in [0.2, 0.25) is 0 Å². The van der Waals surface area contributed by atoms with E-state index in [4.69, 9.17) is 45.9 Å². The number of ether oxygens (including phenoxy) is 1. The molecule has 0 aromatic heterocycles. The molecule has 2 aromatic carbocycles. The van der Waals surface area contributed by atoms with Gasteiger partial charge in [-0.15, -0.1) is 0 Å². The van der Waals surface area contributed by atoms with Crippen molar-refractivity contribution in [2.75, 3.05) is 0 Å². The molecule has 0 spiro atoms. The fourth-order valence-corrected chi connectivity index (χ4v) is 1.94. The van der Waals surface area contributed by atoms with Crippen molar-refractivity contribution >= 4 is 40.4 Å². The highest BCUT2D eigenvalue weighted by Crippen LogP contribution is 2.32. The van der Waals surface area contributed by atoms with Crippen LogP contribution in [0.25, 0.3) is 0 Å². The fourth-order valence-electron chi connectivity index (χ4n) is 1.43. The number of rotatable bonds is 3. The van der Waals surface area contributed by atoms with Gasteiger partial charge in [-0.3, -0.25) is 0 Å². The van der Waals surface area contributed by atoms with Gasteiger partial charge in [-0.2, -0.15) is 0 Å². The largest absolute Gasteiger partial charge is 0.455 e.